The quantitative estimate of drug-likeness (QED) is 0.0316. The van der Waals surface area contributed by atoms with E-state index < -0.39 is 70.8 Å². The molecule has 3 aliphatic rings. The molecular weight excluding hydrogens is 909 g/mol. The first kappa shape index (κ1) is 58.6. The molecule has 5 N–H and O–H groups in total. The number of allylic oxidation sites excluding steroid dienone is 12. The van der Waals surface area contributed by atoms with E-state index in [0.29, 0.717) is 19.4 Å². The number of nitrogens with zero attached hydrogens (tertiary/aromatic N) is 3. The van der Waals surface area contributed by atoms with Gasteiger partial charge in [-0.15, -0.1) is 0 Å². The lowest BCUT2D eigenvalue weighted by Gasteiger charge is -2.38. The second-order valence-electron chi connectivity index (χ2n) is 20.7. The van der Waals surface area contributed by atoms with Crippen LogP contribution in [0.2, 0.25) is 0 Å². The number of aromatic nitrogens is 2. The van der Waals surface area contributed by atoms with E-state index in [1.807, 2.05) is 32.9 Å². The van der Waals surface area contributed by atoms with Crippen molar-refractivity contribution < 1.29 is 33.6 Å². The number of fused-ring (bicyclic) bond motifs is 1. The molecule has 6 atom stereocenters. The van der Waals surface area contributed by atoms with Crippen molar-refractivity contribution in [2.24, 2.45) is 29.1 Å². The van der Waals surface area contributed by atoms with Crippen LogP contribution in [0.5, 0.6) is 0 Å². The van der Waals surface area contributed by atoms with E-state index in [0.717, 1.165) is 83.5 Å². The molecule has 394 valence electrons. The predicted octanol–water partition coefficient (Wildman–Crippen LogP) is 7.73. The van der Waals surface area contributed by atoms with Gasteiger partial charge in [-0.3, -0.25) is 38.5 Å². The van der Waals surface area contributed by atoms with E-state index in [9.17, 15) is 33.6 Å². The number of carbonyl (C=O) groups excluding carboxylic acids is 7. The number of nitrogens with one attached hydrogen (secondary N) is 5. The summed E-state index contributed by atoms with van der Waals surface area (Å²) in [5.41, 5.74) is -0.712. The number of rotatable bonds is 28. The summed E-state index contributed by atoms with van der Waals surface area (Å²) < 4.78 is 0. The van der Waals surface area contributed by atoms with Crippen LogP contribution in [0.25, 0.3) is 0 Å². The van der Waals surface area contributed by atoms with Crippen molar-refractivity contribution in [3.8, 4) is 0 Å². The molecule has 2 aliphatic carbocycles. The van der Waals surface area contributed by atoms with Gasteiger partial charge in [-0.25, -0.2) is 4.98 Å². The molecule has 0 spiro atoms. The summed E-state index contributed by atoms with van der Waals surface area (Å²) >= 11 is 0. The van der Waals surface area contributed by atoms with Gasteiger partial charge in [-0.2, -0.15) is 0 Å². The van der Waals surface area contributed by atoms with Crippen LogP contribution < -0.4 is 26.6 Å². The minimum Gasteiger partial charge on any atom is -0.354 e. The van der Waals surface area contributed by atoms with Crippen LogP contribution in [0.3, 0.4) is 0 Å². The number of likely N-dealkylation sites (tertiary alicyclic amines) is 1. The first-order chi connectivity index (χ1) is 34.6. The summed E-state index contributed by atoms with van der Waals surface area (Å²) in [6.45, 7) is 11.6. The third kappa shape index (κ3) is 19.6. The number of hydrogen-bond donors (Lipinski definition) is 5. The average Bonchev–Trinajstić information content (AvgIpc) is 3.98. The van der Waals surface area contributed by atoms with Crippen LogP contribution >= 0.6 is 0 Å². The Kier molecular flexibility index (Phi) is 25.6. The Labute approximate surface area is 429 Å². The van der Waals surface area contributed by atoms with E-state index in [4.69, 9.17) is 0 Å². The third-order valence-corrected chi connectivity index (χ3v) is 13.7. The first-order valence-electron chi connectivity index (χ1n) is 26.6. The summed E-state index contributed by atoms with van der Waals surface area (Å²) in [5, 5.41) is 14.1. The second-order valence-corrected chi connectivity index (χ2v) is 20.7. The molecule has 0 bridgehead atoms. The van der Waals surface area contributed by atoms with E-state index >= 15 is 0 Å². The van der Waals surface area contributed by atoms with Gasteiger partial charge in [0, 0.05) is 38.4 Å². The molecule has 2 heterocycles. The third-order valence-electron chi connectivity index (χ3n) is 13.7. The maximum atomic E-state index is 14.8. The summed E-state index contributed by atoms with van der Waals surface area (Å²) in [6.07, 6.45) is 43.0. The molecule has 4 rings (SSSR count). The molecule has 1 aliphatic heterocycles. The fourth-order valence-corrected chi connectivity index (χ4v) is 9.73. The van der Waals surface area contributed by atoms with Crippen molar-refractivity contribution in [3.05, 3.63) is 97.2 Å². The van der Waals surface area contributed by atoms with Gasteiger partial charge in [0.2, 0.25) is 29.4 Å². The Morgan fingerprint density at radius 2 is 1.31 bits per heavy atom. The Morgan fingerprint density at radius 1 is 0.708 bits per heavy atom. The standard InChI is InChI=1S/C57H84N8O7/c1-7-8-9-10-11-12-13-14-15-16-17-18-19-20-21-22-23-24-28-34-46(66)60-37-38-61-55(71)50(67)47(41(2)3)62-54(70)49-44-33-29-32-43(44)40-65(49)56(72)51(57(4,5)6)64-53(69)48(42-30-26-25-27-31-42)63-52(68)45-39-58-35-36-59-45/h8-9,11-12,14-15,17-18,20-21,23-24,35-36,39,41-44,47-49,51H,7,10,13,16,19,22,25-34,37-38,40H2,1-6H3,(H,60,66)(H,61,71)(H,62,70)(H,63,68)(H,64,69)/t43-,44-,47-,48-,49+,51-/m0/s1. The van der Waals surface area contributed by atoms with Crippen LogP contribution in [-0.2, 0) is 28.8 Å². The van der Waals surface area contributed by atoms with Gasteiger partial charge in [-0.1, -0.05) is 140 Å². The van der Waals surface area contributed by atoms with Gasteiger partial charge in [0.1, 0.15) is 23.8 Å². The Morgan fingerprint density at radius 3 is 1.88 bits per heavy atom. The highest BCUT2D eigenvalue weighted by atomic mass is 16.2. The van der Waals surface area contributed by atoms with Crippen LogP contribution in [-0.4, -0.2) is 99.9 Å². The minimum absolute atomic E-state index is 0.0230. The SMILES string of the molecule is CCC=CCC=CCC=CCC=CCC=CCC=CCCC(=O)NCCNC(=O)C(=O)[C@@H](NC(=O)[C@H]1[C@H]2CCC[C@H]2CN1C(=O)[C@H](NC(=O)[C@@H](NC(=O)c1cnccn1)C1CCCCC1)C(C)(C)C)C(C)C. The van der Waals surface area contributed by atoms with Gasteiger partial charge in [-0.05, 0) is 99.7 Å². The zero-order chi connectivity index (χ0) is 52.3. The molecular formula is C57H84N8O7. The topological polar surface area (TPSA) is 209 Å². The summed E-state index contributed by atoms with van der Waals surface area (Å²) in [5.74, 6) is -4.54. The Bertz CT molecular complexity index is 2100. The highest BCUT2D eigenvalue weighted by molar-refractivity contribution is 6.38. The lowest BCUT2D eigenvalue weighted by molar-refractivity contribution is -0.146. The van der Waals surface area contributed by atoms with Crippen molar-refractivity contribution in [2.75, 3.05) is 19.6 Å². The summed E-state index contributed by atoms with van der Waals surface area (Å²) in [7, 11) is 0. The maximum Gasteiger partial charge on any atom is 0.289 e. The molecule has 2 saturated carbocycles. The van der Waals surface area contributed by atoms with E-state index in [2.05, 4.69) is 104 Å². The second kappa shape index (κ2) is 31.5. The molecule has 0 aromatic carbocycles. The highest BCUT2D eigenvalue weighted by Gasteiger charge is 2.52. The molecule has 1 saturated heterocycles. The Hall–Kier alpha value is -5.99. The van der Waals surface area contributed by atoms with Gasteiger partial charge >= 0.3 is 0 Å². The molecule has 15 nitrogen and oxygen atoms in total. The molecule has 15 heteroatoms. The van der Waals surface area contributed by atoms with Crippen molar-refractivity contribution in [1.29, 1.82) is 0 Å². The lowest BCUT2D eigenvalue weighted by atomic mass is 9.82. The number of hydrogen-bond acceptors (Lipinski definition) is 9. The first-order valence-corrected chi connectivity index (χ1v) is 26.6. The van der Waals surface area contributed by atoms with Gasteiger partial charge in [0.25, 0.3) is 11.8 Å². The highest BCUT2D eigenvalue weighted by Crippen LogP contribution is 2.43. The minimum atomic E-state index is -1.17. The van der Waals surface area contributed by atoms with E-state index in [1.165, 1.54) is 18.6 Å². The van der Waals surface area contributed by atoms with Crippen LogP contribution in [0, 0.1) is 29.1 Å². The van der Waals surface area contributed by atoms with Crippen molar-refractivity contribution in [2.45, 2.75) is 168 Å². The van der Waals surface area contributed by atoms with Crippen molar-refractivity contribution in [3.63, 3.8) is 0 Å². The number of amides is 6. The largest absolute Gasteiger partial charge is 0.354 e. The van der Waals surface area contributed by atoms with Crippen LogP contribution in [0.15, 0.2) is 91.5 Å². The van der Waals surface area contributed by atoms with Crippen molar-refractivity contribution >= 4 is 41.2 Å². The van der Waals surface area contributed by atoms with Gasteiger partial charge < -0.3 is 31.5 Å². The zero-order valence-corrected chi connectivity index (χ0v) is 43.9. The summed E-state index contributed by atoms with van der Waals surface area (Å²) in [4.78, 5) is 106. The molecule has 1 aromatic rings. The summed E-state index contributed by atoms with van der Waals surface area (Å²) in [6, 6.07) is -4.06. The number of Topliss-reactive ketones (excluding diaryl/α,β-unsaturated/α-hetero) is 1. The molecule has 0 unspecified atom stereocenters. The van der Waals surface area contributed by atoms with Crippen molar-refractivity contribution in [1.82, 2.24) is 41.5 Å². The molecule has 72 heavy (non-hydrogen) atoms. The average molecular weight is 993 g/mol. The van der Waals surface area contributed by atoms with E-state index in [-0.39, 0.29) is 48.9 Å². The zero-order valence-electron chi connectivity index (χ0n) is 43.9. The monoisotopic (exact) mass is 993 g/mol. The molecule has 1 aromatic heterocycles. The number of carbonyl (C=O) groups is 7. The fraction of sp³-hybridized carbons (Fsp3) is 0.596. The lowest BCUT2D eigenvalue weighted by Crippen LogP contribution is -2.62. The fourth-order valence-electron chi connectivity index (χ4n) is 9.73. The maximum absolute atomic E-state index is 14.8. The smallest absolute Gasteiger partial charge is 0.289 e. The molecule has 0 radical (unpaired) electrons. The normalized spacial score (nSPS) is 19.9. The van der Waals surface area contributed by atoms with Gasteiger partial charge in [0.05, 0.1) is 12.2 Å². The number of ketones is 1. The molecule has 6 amide bonds. The predicted molar refractivity (Wildman–Crippen MR) is 283 cm³/mol. The van der Waals surface area contributed by atoms with Crippen LogP contribution in [0.1, 0.15) is 155 Å². The van der Waals surface area contributed by atoms with E-state index in [1.54, 1.807) is 18.7 Å². The van der Waals surface area contributed by atoms with Crippen LogP contribution in [0.4, 0.5) is 0 Å². The molecule has 3 fully saturated rings. The van der Waals surface area contributed by atoms with Gasteiger partial charge in [0.15, 0.2) is 0 Å². The Balaban J connectivity index is 1.24.